The molecule has 0 aromatic heterocycles. The van der Waals surface area contributed by atoms with Crippen molar-refractivity contribution in [2.45, 2.75) is 0 Å². The van der Waals surface area contributed by atoms with Crippen LogP contribution < -0.4 is 21.9 Å². The van der Waals surface area contributed by atoms with E-state index in [2.05, 4.69) is 0 Å². The van der Waals surface area contributed by atoms with Crippen LogP contribution in [0.15, 0.2) is 12.2 Å². The SMILES string of the molecule is O=C(O)/C=C/c1c(B(O)O)c(B(O)O)c(/C=C/C(=O)O)c(B(O)O)c1B(O)O. The second kappa shape index (κ2) is 9.68. The normalized spacial score (nSPS) is 11.1. The summed E-state index contributed by atoms with van der Waals surface area (Å²) in [6, 6.07) is 0. The summed E-state index contributed by atoms with van der Waals surface area (Å²) in [6.07, 6.45) is 2.13. The monoisotopic (exact) mass is 394 g/mol. The summed E-state index contributed by atoms with van der Waals surface area (Å²) in [5.41, 5.74) is -4.66. The highest BCUT2D eigenvalue weighted by atomic mass is 16.4. The van der Waals surface area contributed by atoms with Gasteiger partial charge in [0.15, 0.2) is 0 Å². The van der Waals surface area contributed by atoms with Gasteiger partial charge in [-0.15, -0.1) is 0 Å². The van der Waals surface area contributed by atoms with Gasteiger partial charge in [-0.1, -0.05) is 0 Å². The Kier molecular flexibility index (Phi) is 8.16. The van der Waals surface area contributed by atoms with Crippen molar-refractivity contribution < 1.29 is 60.0 Å². The van der Waals surface area contributed by atoms with E-state index in [1.807, 2.05) is 0 Å². The molecule has 0 fully saturated rings. The molecular weight excluding hydrogens is 379 g/mol. The molecule has 0 saturated heterocycles. The van der Waals surface area contributed by atoms with Crippen LogP contribution in [-0.2, 0) is 9.59 Å². The van der Waals surface area contributed by atoms with Crippen molar-refractivity contribution in [1.29, 1.82) is 0 Å². The van der Waals surface area contributed by atoms with Crippen molar-refractivity contribution in [3.05, 3.63) is 23.3 Å². The molecule has 0 atom stereocenters. The minimum absolute atomic E-state index is 0.431. The molecule has 0 saturated carbocycles. The average molecular weight is 393 g/mol. The first-order valence-corrected chi connectivity index (χ1v) is 7.40. The highest BCUT2D eigenvalue weighted by Gasteiger charge is 2.38. The Hall–Kier alpha value is -2.42. The maximum atomic E-state index is 10.8. The maximum Gasteiger partial charge on any atom is 0.488 e. The van der Waals surface area contributed by atoms with Crippen LogP contribution in [0.3, 0.4) is 0 Å². The fourth-order valence-electron chi connectivity index (χ4n) is 2.65. The van der Waals surface area contributed by atoms with Crippen LogP contribution in [-0.4, -0.2) is 90.8 Å². The van der Waals surface area contributed by atoms with E-state index < -0.39 is 73.4 Å². The Morgan fingerprint density at radius 1 is 0.536 bits per heavy atom. The topological polar surface area (TPSA) is 236 Å². The molecule has 1 aromatic rings. The molecule has 28 heavy (non-hydrogen) atoms. The first-order chi connectivity index (χ1) is 12.9. The lowest BCUT2D eigenvalue weighted by molar-refractivity contribution is -0.132. The second-order valence-corrected chi connectivity index (χ2v) is 5.32. The summed E-state index contributed by atoms with van der Waals surface area (Å²) in [7, 11) is -10.1. The molecule has 10 N–H and O–H groups in total. The molecule has 0 aliphatic heterocycles. The summed E-state index contributed by atoms with van der Waals surface area (Å²) in [5, 5.41) is 94.8. The van der Waals surface area contributed by atoms with Gasteiger partial charge in [0, 0.05) is 12.2 Å². The number of carboxylic acid groups (broad SMARTS) is 2. The number of carboxylic acids is 2. The molecule has 0 heterocycles. The molecule has 0 spiro atoms. The van der Waals surface area contributed by atoms with Crippen molar-refractivity contribution in [2.24, 2.45) is 0 Å². The van der Waals surface area contributed by atoms with E-state index in [1.165, 1.54) is 0 Å². The molecule has 0 amide bonds. The van der Waals surface area contributed by atoms with E-state index in [4.69, 9.17) is 10.2 Å². The summed E-state index contributed by atoms with van der Waals surface area (Å²) in [5.74, 6) is -3.10. The molecule has 12 nitrogen and oxygen atoms in total. The number of carbonyl (C=O) groups is 2. The van der Waals surface area contributed by atoms with Crippen molar-refractivity contribution in [3.63, 3.8) is 0 Å². The van der Waals surface area contributed by atoms with Crippen LogP contribution >= 0.6 is 0 Å². The Bertz CT molecular complexity index is 709. The van der Waals surface area contributed by atoms with E-state index >= 15 is 0 Å². The second-order valence-electron chi connectivity index (χ2n) is 5.32. The molecule has 0 bridgehead atoms. The Balaban J connectivity index is 4.27. The van der Waals surface area contributed by atoms with Crippen molar-refractivity contribution >= 4 is 74.4 Å². The van der Waals surface area contributed by atoms with Gasteiger partial charge < -0.3 is 50.4 Å². The van der Waals surface area contributed by atoms with E-state index in [0.29, 0.717) is 24.3 Å². The first kappa shape index (κ1) is 23.6. The molecule has 0 radical (unpaired) electrons. The van der Waals surface area contributed by atoms with Crippen LogP contribution in [0, 0.1) is 0 Å². The largest absolute Gasteiger partial charge is 0.488 e. The zero-order chi connectivity index (χ0) is 21.8. The van der Waals surface area contributed by atoms with E-state index in [-0.39, 0.29) is 0 Å². The van der Waals surface area contributed by atoms with Gasteiger partial charge >= 0.3 is 40.4 Å². The molecule has 0 unspecified atom stereocenters. The zero-order valence-corrected chi connectivity index (χ0v) is 13.9. The number of rotatable bonds is 8. The third-order valence-electron chi connectivity index (χ3n) is 3.56. The van der Waals surface area contributed by atoms with Gasteiger partial charge in [-0.05, 0) is 45.1 Å². The van der Waals surface area contributed by atoms with Crippen LogP contribution in [0.2, 0.25) is 0 Å². The maximum absolute atomic E-state index is 10.8. The van der Waals surface area contributed by atoms with Gasteiger partial charge in [0.05, 0.1) is 0 Å². The predicted octanol–water partition coefficient (Wildman–Crippen LogP) is -7.40. The standard InChI is InChI=1S/C12H14B4O12/c17-7(18)3-1-5-9(13(21)22)11(15(25)26)6(2-4-8(19)20)12(16(27)28)10(5)14(23)24/h1-4,21-28H,(H,17,18)(H,19,20)/b3-1+,4-2+. The van der Waals surface area contributed by atoms with Gasteiger partial charge in [0.25, 0.3) is 0 Å². The Morgan fingerprint density at radius 3 is 0.893 bits per heavy atom. The van der Waals surface area contributed by atoms with Gasteiger partial charge in [-0.25, -0.2) is 9.59 Å². The minimum atomic E-state index is -2.54. The van der Waals surface area contributed by atoms with E-state index in [9.17, 15) is 49.8 Å². The quantitative estimate of drug-likeness (QED) is 0.146. The van der Waals surface area contributed by atoms with Crippen LogP contribution in [0.5, 0.6) is 0 Å². The summed E-state index contributed by atoms with van der Waals surface area (Å²) < 4.78 is 0. The van der Waals surface area contributed by atoms with Crippen LogP contribution in [0.25, 0.3) is 12.2 Å². The molecular formula is C12H14B4O12. The molecule has 16 heteroatoms. The summed E-state index contributed by atoms with van der Waals surface area (Å²) in [6.45, 7) is 0. The van der Waals surface area contributed by atoms with Crippen LogP contribution in [0.1, 0.15) is 11.1 Å². The van der Waals surface area contributed by atoms with Gasteiger partial charge in [-0.3, -0.25) is 0 Å². The van der Waals surface area contributed by atoms with E-state index in [0.717, 1.165) is 0 Å². The fraction of sp³-hybridized carbons (Fsp3) is 0. The van der Waals surface area contributed by atoms with Crippen molar-refractivity contribution in [3.8, 4) is 0 Å². The zero-order valence-electron chi connectivity index (χ0n) is 13.9. The van der Waals surface area contributed by atoms with Gasteiger partial charge in [0.2, 0.25) is 0 Å². The van der Waals surface area contributed by atoms with Crippen LogP contribution in [0.4, 0.5) is 0 Å². The Labute approximate surface area is 158 Å². The molecule has 1 rings (SSSR count). The van der Waals surface area contributed by atoms with E-state index in [1.54, 1.807) is 0 Å². The average Bonchev–Trinajstić information content (AvgIpc) is 2.55. The smallest absolute Gasteiger partial charge is 0.478 e. The number of hydrogen-bond donors (Lipinski definition) is 10. The number of aliphatic carboxylic acids is 2. The lowest BCUT2D eigenvalue weighted by atomic mass is 9.52. The third kappa shape index (κ3) is 5.31. The molecule has 146 valence electrons. The van der Waals surface area contributed by atoms with Crippen molar-refractivity contribution in [2.75, 3.05) is 0 Å². The van der Waals surface area contributed by atoms with Crippen molar-refractivity contribution in [1.82, 2.24) is 0 Å². The number of benzene rings is 1. The first-order valence-electron chi connectivity index (χ1n) is 7.40. The Morgan fingerprint density at radius 2 is 0.750 bits per heavy atom. The van der Waals surface area contributed by atoms with Gasteiger partial charge in [0.1, 0.15) is 0 Å². The molecule has 0 aliphatic rings. The summed E-state index contributed by atoms with van der Waals surface area (Å²) in [4.78, 5) is 21.6. The lowest BCUT2D eigenvalue weighted by Gasteiger charge is -2.24. The molecule has 0 aliphatic carbocycles. The summed E-state index contributed by atoms with van der Waals surface area (Å²) >= 11 is 0. The minimum Gasteiger partial charge on any atom is -0.478 e. The van der Waals surface area contributed by atoms with Gasteiger partial charge in [-0.2, -0.15) is 0 Å². The lowest BCUT2D eigenvalue weighted by Crippen LogP contribution is -2.63. The predicted molar refractivity (Wildman–Crippen MR) is 99.1 cm³/mol. The molecule has 1 aromatic carbocycles. The number of hydrogen-bond acceptors (Lipinski definition) is 10. The highest BCUT2D eigenvalue weighted by Crippen LogP contribution is 2.06. The fourth-order valence-corrected chi connectivity index (χ4v) is 2.65. The highest BCUT2D eigenvalue weighted by molar-refractivity contribution is 6.79. The third-order valence-corrected chi connectivity index (χ3v) is 3.56.